The monoisotopic (exact) mass is 430 g/mol. The van der Waals surface area contributed by atoms with E-state index in [0.29, 0.717) is 18.0 Å². The third kappa shape index (κ3) is 5.38. The summed E-state index contributed by atoms with van der Waals surface area (Å²) in [6.07, 6.45) is 4.92. The van der Waals surface area contributed by atoms with Crippen molar-refractivity contribution in [1.82, 2.24) is 4.72 Å². The van der Waals surface area contributed by atoms with Crippen LogP contribution in [0.1, 0.15) is 42.5 Å². The van der Waals surface area contributed by atoms with Crippen molar-refractivity contribution in [2.45, 2.75) is 49.1 Å². The molecular weight excluding hydrogens is 404 g/mol. The Morgan fingerprint density at radius 1 is 1.07 bits per heavy atom. The molecule has 160 valence electrons. The Balaban J connectivity index is 1.44. The van der Waals surface area contributed by atoms with Gasteiger partial charge in [-0.05, 0) is 62.4 Å². The van der Waals surface area contributed by atoms with E-state index in [1.165, 1.54) is 12.1 Å². The molecule has 1 saturated carbocycles. The highest BCUT2D eigenvalue weighted by atomic mass is 32.2. The molecule has 2 fully saturated rings. The Labute approximate surface area is 176 Å². The van der Waals surface area contributed by atoms with Gasteiger partial charge >= 0.3 is 0 Å². The van der Waals surface area contributed by atoms with Crippen LogP contribution in [0.15, 0.2) is 53.4 Å². The van der Waals surface area contributed by atoms with Crippen LogP contribution in [-0.4, -0.2) is 39.7 Å². The molecule has 0 aromatic heterocycles. The first-order valence-electron chi connectivity index (χ1n) is 10.3. The van der Waals surface area contributed by atoms with Gasteiger partial charge in [0.2, 0.25) is 10.0 Å². The quantitative estimate of drug-likeness (QED) is 0.670. The highest BCUT2D eigenvalue weighted by molar-refractivity contribution is 7.89. The zero-order valence-electron chi connectivity index (χ0n) is 16.7. The number of sulfonamides is 1. The van der Waals surface area contributed by atoms with Crippen molar-refractivity contribution in [2.24, 2.45) is 0 Å². The van der Waals surface area contributed by atoms with E-state index in [0.717, 1.165) is 38.7 Å². The molecular formula is C22H26N2O5S. The van der Waals surface area contributed by atoms with E-state index in [4.69, 9.17) is 9.47 Å². The summed E-state index contributed by atoms with van der Waals surface area (Å²) in [4.78, 5) is 12.9. The second-order valence-electron chi connectivity index (χ2n) is 7.67. The van der Waals surface area contributed by atoms with Crippen molar-refractivity contribution in [3.8, 4) is 5.75 Å². The SMILES string of the molecule is O=C(Nc1ccccc1OCC1CCCCO1)c1cccc(S(=O)(=O)NC2CC2)c1. The highest BCUT2D eigenvalue weighted by Gasteiger charge is 2.28. The largest absolute Gasteiger partial charge is 0.489 e. The molecule has 8 heteroatoms. The molecule has 7 nitrogen and oxygen atoms in total. The van der Waals surface area contributed by atoms with Crippen molar-refractivity contribution >= 4 is 21.6 Å². The molecule has 2 N–H and O–H groups in total. The number of carbonyl (C=O) groups excluding carboxylic acids is 1. The van der Waals surface area contributed by atoms with Gasteiger partial charge < -0.3 is 14.8 Å². The molecule has 2 aromatic rings. The van der Waals surface area contributed by atoms with E-state index in [2.05, 4.69) is 10.0 Å². The molecule has 0 bridgehead atoms. The number of carbonyl (C=O) groups is 1. The van der Waals surface area contributed by atoms with E-state index in [1.54, 1.807) is 30.3 Å². The van der Waals surface area contributed by atoms with E-state index >= 15 is 0 Å². The summed E-state index contributed by atoms with van der Waals surface area (Å²) in [5.74, 6) is 0.155. The Bertz CT molecular complexity index is 998. The van der Waals surface area contributed by atoms with Crippen LogP contribution in [0.3, 0.4) is 0 Å². The van der Waals surface area contributed by atoms with Gasteiger partial charge in [0, 0.05) is 18.2 Å². The Morgan fingerprint density at radius 3 is 2.67 bits per heavy atom. The molecule has 1 amide bonds. The van der Waals surface area contributed by atoms with Crippen LogP contribution in [-0.2, 0) is 14.8 Å². The van der Waals surface area contributed by atoms with Gasteiger partial charge in [-0.1, -0.05) is 18.2 Å². The smallest absolute Gasteiger partial charge is 0.255 e. The maximum atomic E-state index is 12.8. The molecule has 1 aliphatic carbocycles. The number of para-hydroxylation sites is 2. The zero-order chi connectivity index (χ0) is 21.0. The molecule has 30 heavy (non-hydrogen) atoms. The first kappa shape index (κ1) is 20.8. The number of amides is 1. The summed E-state index contributed by atoms with van der Waals surface area (Å²) in [6, 6.07) is 13.2. The number of nitrogens with one attached hydrogen (secondary N) is 2. The molecule has 0 radical (unpaired) electrons. The lowest BCUT2D eigenvalue weighted by molar-refractivity contribution is -0.0109. The van der Waals surface area contributed by atoms with Crippen LogP contribution in [0.25, 0.3) is 0 Å². The zero-order valence-corrected chi connectivity index (χ0v) is 17.5. The predicted octanol–water partition coefficient (Wildman–Crippen LogP) is 3.33. The van der Waals surface area contributed by atoms with Crippen LogP contribution in [0.5, 0.6) is 5.75 Å². The minimum atomic E-state index is -3.62. The number of anilines is 1. The third-order valence-corrected chi connectivity index (χ3v) is 6.66. The Kier molecular flexibility index (Phi) is 6.36. The molecule has 1 heterocycles. The Hall–Kier alpha value is -2.42. The van der Waals surface area contributed by atoms with Crippen LogP contribution in [0.2, 0.25) is 0 Å². The fourth-order valence-electron chi connectivity index (χ4n) is 3.30. The molecule has 0 spiro atoms. The minimum absolute atomic E-state index is 0.00431. The first-order valence-corrected chi connectivity index (χ1v) is 11.8. The first-order chi connectivity index (χ1) is 14.5. The lowest BCUT2D eigenvalue weighted by Crippen LogP contribution is -2.26. The van der Waals surface area contributed by atoms with E-state index < -0.39 is 15.9 Å². The van der Waals surface area contributed by atoms with Gasteiger partial charge in [-0.15, -0.1) is 0 Å². The second kappa shape index (κ2) is 9.16. The van der Waals surface area contributed by atoms with E-state index in [1.807, 2.05) is 6.07 Å². The van der Waals surface area contributed by atoms with Gasteiger partial charge in [0.1, 0.15) is 12.4 Å². The second-order valence-corrected chi connectivity index (χ2v) is 9.39. The number of hydrogen-bond acceptors (Lipinski definition) is 5. The predicted molar refractivity (Wildman–Crippen MR) is 113 cm³/mol. The average Bonchev–Trinajstić information content (AvgIpc) is 3.57. The van der Waals surface area contributed by atoms with Crippen molar-refractivity contribution in [3.63, 3.8) is 0 Å². The molecule has 1 unspecified atom stereocenters. The molecule has 1 atom stereocenters. The summed E-state index contributed by atoms with van der Waals surface area (Å²) in [6.45, 7) is 1.18. The average molecular weight is 431 g/mol. The standard InChI is InChI=1S/C22H26N2O5S/c25-22(16-6-5-8-19(14-16)30(26,27)24-17-11-12-17)23-20-9-1-2-10-21(20)29-15-18-7-3-4-13-28-18/h1-2,5-6,8-10,14,17-18,24H,3-4,7,11-13,15H2,(H,23,25). The molecule has 1 aliphatic heterocycles. The summed E-state index contributed by atoms with van der Waals surface area (Å²) in [5, 5.41) is 2.83. The van der Waals surface area contributed by atoms with Gasteiger partial charge in [0.15, 0.2) is 0 Å². The van der Waals surface area contributed by atoms with Gasteiger partial charge in [-0.3, -0.25) is 4.79 Å². The summed E-state index contributed by atoms with van der Waals surface area (Å²) < 4.78 is 39.1. The molecule has 2 aliphatic rings. The van der Waals surface area contributed by atoms with Gasteiger partial charge in [-0.25, -0.2) is 13.1 Å². The van der Waals surface area contributed by atoms with E-state index in [9.17, 15) is 13.2 Å². The van der Waals surface area contributed by atoms with Gasteiger partial charge in [0.05, 0.1) is 16.7 Å². The summed E-state index contributed by atoms with van der Waals surface area (Å²) >= 11 is 0. The van der Waals surface area contributed by atoms with Crippen LogP contribution in [0, 0.1) is 0 Å². The molecule has 2 aromatic carbocycles. The Morgan fingerprint density at radius 2 is 1.90 bits per heavy atom. The summed E-state index contributed by atoms with van der Waals surface area (Å²) in [7, 11) is -3.62. The number of hydrogen-bond donors (Lipinski definition) is 2. The fraction of sp³-hybridized carbons (Fsp3) is 0.409. The van der Waals surface area contributed by atoms with Crippen LogP contribution >= 0.6 is 0 Å². The number of benzene rings is 2. The lowest BCUT2D eigenvalue weighted by Gasteiger charge is -2.23. The third-order valence-electron chi connectivity index (χ3n) is 5.14. The number of rotatable bonds is 8. The normalized spacial score (nSPS) is 19.3. The van der Waals surface area contributed by atoms with Gasteiger partial charge in [0.25, 0.3) is 5.91 Å². The fourth-order valence-corrected chi connectivity index (χ4v) is 4.66. The topological polar surface area (TPSA) is 93.7 Å². The van der Waals surface area contributed by atoms with Crippen molar-refractivity contribution in [3.05, 3.63) is 54.1 Å². The summed E-state index contributed by atoms with van der Waals surface area (Å²) in [5.41, 5.74) is 0.793. The lowest BCUT2D eigenvalue weighted by atomic mass is 10.1. The number of ether oxygens (including phenoxy) is 2. The molecule has 4 rings (SSSR count). The minimum Gasteiger partial charge on any atom is -0.489 e. The van der Waals surface area contributed by atoms with Crippen LogP contribution < -0.4 is 14.8 Å². The van der Waals surface area contributed by atoms with Crippen molar-refractivity contribution in [2.75, 3.05) is 18.5 Å². The highest BCUT2D eigenvalue weighted by Crippen LogP contribution is 2.26. The maximum absolute atomic E-state index is 12.8. The molecule has 1 saturated heterocycles. The van der Waals surface area contributed by atoms with Crippen LogP contribution in [0.4, 0.5) is 5.69 Å². The van der Waals surface area contributed by atoms with Gasteiger partial charge in [-0.2, -0.15) is 0 Å². The van der Waals surface area contributed by atoms with Crippen molar-refractivity contribution < 1.29 is 22.7 Å². The maximum Gasteiger partial charge on any atom is 0.255 e. The van der Waals surface area contributed by atoms with E-state index in [-0.39, 0.29) is 22.6 Å². The van der Waals surface area contributed by atoms with Crippen molar-refractivity contribution in [1.29, 1.82) is 0 Å².